The number of aliphatic imine (C=N–C) groups is 1. The lowest BCUT2D eigenvalue weighted by atomic mass is 10.2. The van der Waals surface area contributed by atoms with Gasteiger partial charge >= 0.3 is 0 Å². The van der Waals surface area contributed by atoms with Gasteiger partial charge in [-0.3, -0.25) is 9.79 Å². The minimum atomic E-state index is -0.113. The summed E-state index contributed by atoms with van der Waals surface area (Å²) in [6.45, 7) is 3.10. The second-order valence-corrected chi connectivity index (χ2v) is 5.49. The zero-order valence-corrected chi connectivity index (χ0v) is 14.4. The molecule has 0 heterocycles. The first-order chi connectivity index (χ1) is 12.1. The molecule has 2 rings (SSSR count). The third-order valence-corrected chi connectivity index (χ3v) is 3.36. The standard InChI is InChI=1S/C19H24N4O2/c1-15(24)23-17-8-5-9-18(14-17)25-13-12-22-19(20)21-11-10-16-6-3-2-4-7-16/h2-9,14H,10-13H2,1H3,(H,23,24)(H3,20,21,22). The lowest BCUT2D eigenvalue weighted by Crippen LogP contribution is -2.35. The molecule has 0 atom stereocenters. The van der Waals surface area contributed by atoms with Crippen molar-refractivity contribution in [2.45, 2.75) is 13.3 Å². The fraction of sp³-hybridized carbons (Fsp3) is 0.263. The number of nitrogens with one attached hydrogen (secondary N) is 2. The summed E-state index contributed by atoms with van der Waals surface area (Å²) in [4.78, 5) is 15.3. The van der Waals surface area contributed by atoms with E-state index in [-0.39, 0.29) is 5.91 Å². The number of hydrogen-bond acceptors (Lipinski definition) is 3. The molecule has 0 fully saturated rings. The van der Waals surface area contributed by atoms with E-state index in [9.17, 15) is 4.79 Å². The van der Waals surface area contributed by atoms with Crippen molar-refractivity contribution in [3.63, 3.8) is 0 Å². The largest absolute Gasteiger partial charge is 0.492 e. The Balaban J connectivity index is 1.66. The van der Waals surface area contributed by atoms with Crippen LogP contribution in [0.1, 0.15) is 12.5 Å². The summed E-state index contributed by atoms with van der Waals surface area (Å²) in [6.07, 6.45) is 0.857. The molecule has 0 radical (unpaired) electrons. The van der Waals surface area contributed by atoms with Crippen LogP contribution in [0, 0.1) is 0 Å². The summed E-state index contributed by atoms with van der Waals surface area (Å²) < 4.78 is 5.63. The van der Waals surface area contributed by atoms with Crippen LogP contribution in [0.5, 0.6) is 5.75 Å². The summed E-state index contributed by atoms with van der Waals surface area (Å²) in [7, 11) is 0. The maximum absolute atomic E-state index is 11.0. The molecule has 0 spiro atoms. The molecule has 0 saturated heterocycles. The molecular weight excluding hydrogens is 316 g/mol. The van der Waals surface area contributed by atoms with Crippen LogP contribution in [0.2, 0.25) is 0 Å². The van der Waals surface area contributed by atoms with E-state index in [1.807, 2.05) is 36.4 Å². The van der Waals surface area contributed by atoms with Gasteiger partial charge in [0.2, 0.25) is 5.91 Å². The predicted molar refractivity (Wildman–Crippen MR) is 101 cm³/mol. The average molecular weight is 340 g/mol. The number of anilines is 1. The maximum Gasteiger partial charge on any atom is 0.221 e. The van der Waals surface area contributed by atoms with Crippen molar-refractivity contribution in [3.05, 3.63) is 60.2 Å². The first-order valence-electron chi connectivity index (χ1n) is 8.21. The third-order valence-electron chi connectivity index (χ3n) is 3.36. The van der Waals surface area contributed by atoms with Gasteiger partial charge in [-0.15, -0.1) is 0 Å². The second kappa shape index (κ2) is 9.97. The number of nitrogens with two attached hydrogens (primary N) is 1. The van der Waals surface area contributed by atoms with Crippen LogP contribution in [0.4, 0.5) is 5.69 Å². The Morgan fingerprint density at radius 2 is 1.96 bits per heavy atom. The summed E-state index contributed by atoms with van der Waals surface area (Å²) in [6, 6.07) is 17.4. The van der Waals surface area contributed by atoms with Crippen molar-refractivity contribution in [1.29, 1.82) is 0 Å². The van der Waals surface area contributed by atoms with Gasteiger partial charge in [0.1, 0.15) is 12.4 Å². The summed E-state index contributed by atoms with van der Waals surface area (Å²) >= 11 is 0. The minimum Gasteiger partial charge on any atom is -0.492 e. The number of amides is 1. The summed E-state index contributed by atoms with van der Waals surface area (Å²) in [5.74, 6) is 0.984. The zero-order chi connectivity index (χ0) is 17.9. The number of hydrogen-bond donors (Lipinski definition) is 3. The number of guanidine groups is 1. The highest BCUT2D eigenvalue weighted by Crippen LogP contribution is 2.16. The first-order valence-corrected chi connectivity index (χ1v) is 8.21. The van der Waals surface area contributed by atoms with E-state index >= 15 is 0 Å². The Morgan fingerprint density at radius 3 is 2.72 bits per heavy atom. The van der Waals surface area contributed by atoms with Crippen molar-refractivity contribution in [1.82, 2.24) is 5.32 Å². The predicted octanol–water partition coefficient (Wildman–Crippen LogP) is 2.17. The highest BCUT2D eigenvalue weighted by atomic mass is 16.5. The molecule has 0 aromatic heterocycles. The molecule has 6 heteroatoms. The van der Waals surface area contributed by atoms with Crippen LogP contribution in [0.15, 0.2) is 59.6 Å². The van der Waals surface area contributed by atoms with Gasteiger partial charge < -0.3 is 21.1 Å². The molecule has 2 aromatic rings. The average Bonchev–Trinajstić information content (AvgIpc) is 2.59. The molecule has 132 valence electrons. The number of carbonyl (C=O) groups is 1. The van der Waals surface area contributed by atoms with Crippen molar-refractivity contribution in [2.75, 3.05) is 25.0 Å². The Labute approximate surface area is 148 Å². The van der Waals surface area contributed by atoms with Crippen molar-refractivity contribution >= 4 is 17.6 Å². The minimum absolute atomic E-state index is 0.113. The molecule has 0 aliphatic rings. The highest BCUT2D eigenvalue weighted by molar-refractivity contribution is 5.88. The number of benzene rings is 2. The first kappa shape index (κ1) is 18.3. The molecule has 0 saturated carbocycles. The van der Waals surface area contributed by atoms with Crippen LogP contribution in [0.25, 0.3) is 0 Å². The topological polar surface area (TPSA) is 88.7 Å². The van der Waals surface area contributed by atoms with Crippen LogP contribution >= 0.6 is 0 Å². The fourth-order valence-corrected chi connectivity index (χ4v) is 2.22. The molecule has 6 nitrogen and oxygen atoms in total. The monoisotopic (exact) mass is 340 g/mol. The lowest BCUT2D eigenvalue weighted by molar-refractivity contribution is -0.114. The SMILES string of the molecule is CC(=O)Nc1cccc(OCCNC(N)=NCCc2ccccc2)c1. The van der Waals surface area contributed by atoms with Gasteiger partial charge in [0.15, 0.2) is 5.96 Å². The van der Waals surface area contributed by atoms with Crippen LogP contribution < -0.4 is 21.1 Å². The van der Waals surface area contributed by atoms with Gasteiger partial charge in [0.05, 0.1) is 6.54 Å². The zero-order valence-electron chi connectivity index (χ0n) is 14.4. The number of nitrogens with zero attached hydrogens (tertiary/aromatic N) is 1. The fourth-order valence-electron chi connectivity index (χ4n) is 2.22. The molecule has 4 N–H and O–H groups in total. The Morgan fingerprint density at radius 1 is 1.16 bits per heavy atom. The van der Waals surface area contributed by atoms with Crippen molar-refractivity contribution in [2.24, 2.45) is 10.7 Å². The number of ether oxygens (including phenoxy) is 1. The molecule has 2 aromatic carbocycles. The molecule has 0 unspecified atom stereocenters. The van der Waals surface area contributed by atoms with E-state index in [0.717, 1.165) is 6.42 Å². The van der Waals surface area contributed by atoms with Crippen molar-refractivity contribution < 1.29 is 9.53 Å². The Bertz CT molecular complexity index is 702. The van der Waals surface area contributed by atoms with Gasteiger partial charge in [-0.2, -0.15) is 0 Å². The number of carbonyl (C=O) groups excluding carboxylic acids is 1. The summed E-state index contributed by atoms with van der Waals surface area (Å²) in [5, 5.41) is 5.74. The van der Waals surface area contributed by atoms with Gasteiger partial charge in [-0.25, -0.2) is 0 Å². The van der Waals surface area contributed by atoms with Gasteiger partial charge in [-0.1, -0.05) is 36.4 Å². The smallest absolute Gasteiger partial charge is 0.221 e. The van der Waals surface area contributed by atoms with E-state index in [0.29, 0.717) is 37.1 Å². The van der Waals surface area contributed by atoms with Crippen LogP contribution in [-0.4, -0.2) is 31.6 Å². The van der Waals surface area contributed by atoms with E-state index in [1.54, 1.807) is 6.07 Å². The molecular formula is C19H24N4O2. The van der Waals surface area contributed by atoms with E-state index < -0.39 is 0 Å². The van der Waals surface area contributed by atoms with Gasteiger partial charge in [-0.05, 0) is 24.1 Å². The van der Waals surface area contributed by atoms with E-state index in [1.165, 1.54) is 12.5 Å². The van der Waals surface area contributed by atoms with Crippen molar-refractivity contribution in [3.8, 4) is 5.75 Å². The molecule has 1 amide bonds. The quantitative estimate of drug-likeness (QED) is 0.390. The summed E-state index contributed by atoms with van der Waals surface area (Å²) in [5.41, 5.74) is 7.78. The Hall–Kier alpha value is -3.02. The van der Waals surface area contributed by atoms with Crippen LogP contribution in [0.3, 0.4) is 0 Å². The van der Waals surface area contributed by atoms with Gasteiger partial charge in [0, 0.05) is 25.2 Å². The highest BCUT2D eigenvalue weighted by Gasteiger charge is 1.99. The second-order valence-electron chi connectivity index (χ2n) is 5.49. The third kappa shape index (κ3) is 7.39. The van der Waals surface area contributed by atoms with E-state index in [4.69, 9.17) is 10.5 Å². The van der Waals surface area contributed by atoms with Crippen LogP contribution in [-0.2, 0) is 11.2 Å². The molecule has 0 aliphatic carbocycles. The normalized spacial score (nSPS) is 11.0. The maximum atomic E-state index is 11.0. The van der Waals surface area contributed by atoms with E-state index in [2.05, 4.69) is 27.8 Å². The number of rotatable bonds is 8. The molecule has 0 bridgehead atoms. The molecule has 25 heavy (non-hydrogen) atoms. The van der Waals surface area contributed by atoms with Gasteiger partial charge in [0.25, 0.3) is 0 Å². The lowest BCUT2D eigenvalue weighted by Gasteiger charge is -2.09. The Kier molecular flexibility index (Phi) is 7.31. The molecule has 0 aliphatic heterocycles.